The van der Waals surface area contributed by atoms with Gasteiger partial charge in [-0.05, 0) is 18.9 Å². The first-order chi connectivity index (χ1) is 11.3. The summed E-state index contributed by atoms with van der Waals surface area (Å²) in [5.74, 6) is -0.137. The molecule has 23 heavy (non-hydrogen) atoms. The SMILES string of the molecule is CCCCCCCCCCCC=CC=Cc1cccc(O)c1O. The first kappa shape index (κ1) is 19.3. The minimum atomic E-state index is -0.0779. The van der Waals surface area contributed by atoms with Crippen LogP contribution in [0.2, 0.25) is 0 Å². The summed E-state index contributed by atoms with van der Waals surface area (Å²) in [4.78, 5) is 0. The van der Waals surface area contributed by atoms with E-state index in [1.54, 1.807) is 12.1 Å². The molecule has 1 aromatic carbocycles. The third-order valence-corrected chi connectivity index (χ3v) is 4.04. The molecule has 128 valence electrons. The molecule has 0 amide bonds. The Hall–Kier alpha value is -1.70. The van der Waals surface area contributed by atoms with Crippen LogP contribution >= 0.6 is 0 Å². The minimum absolute atomic E-state index is 0.0592. The van der Waals surface area contributed by atoms with Gasteiger partial charge in [-0.15, -0.1) is 0 Å². The number of unbranched alkanes of at least 4 members (excludes halogenated alkanes) is 9. The van der Waals surface area contributed by atoms with Gasteiger partial charge in [-0.3, -0.25) is 0 Å². The Balaban J connectivity index is 2.04. The highest BCUT2D eigenvalue weighted by Gasteiger charge is 2.00. The van der Waals surface area contributed by atoms with Gasteiger partial charge in [-0.2, -0.15) is 0 Å². The Morgan fingerprint density at radius 1 is 0.826 bits per heavy atom. The highest BCUT2D eigenvalue weighted by Crippen LogP contribution is 2.28. The smallest absolute Gasteiger partial charge is 0.164 e. The normalized spacial score (nSPS) is 11.7. The third-order valence-electron chi connectivity index (χ3n) is 4.04. The van der Waals surface area contributed by atoms with Gasteiger partial charge in [0.2, 0.25) is 0 Å². The van der Waals surface area contributed by atoms with E-state index in [-0.39, 0.29) is 11.5 Å². The Labute approximate surface area is 141 Å². The van der Waals surface area contributed by atoms with Crippen molar-refractivity contribution in [2.75, 3.05) is 0 Å². The van der Waals surface area contributed by atoms with Crippen molar-refractivity contribution in [1.82, 2.24) is 0 Å². The second-order valence-electron chi connectivity index (χ2n) is 6.12. The molecule has 0 heterocycles. The molecule has 0 fully saturated rings. The fraction of sp³-hybridized carbons (Fsp3) is 0.524. The van der Waals surface area contributed by atoms with E-state index in [0.717, 1.165) is 6.42 Å². The lowest BCUT2D eigenvalue weighted by atomic mass is 10.1. The Morgan fingerprint density at radius 3 is 2.17 bits per heavy atom. The van der Waals surface area contributed by atoms with Crippen LogP contribution in [-0.4, -0.2) is 10.2 Å². The molecule has 0 bridgehead atoms. The topological polar surface area (TPSA) is 40.5 Å². The first-order valence-corrected chi connectivity index (χ1v) is 9.10. The number of phenolic OH excluding ortho intramolecular Hbond substituents is 2. The van der Waals surface area contributed by atoms with E-state index in [2.05, 4.69) is 13.0 Å². The molecule has 2 heteroatoms. The van der Waals surface area contributed by atoms with Gasteiger partial charge in [0.1, 0.15) is 0 Å². The number of para-hydroxylation sites is 1. The van der Waals surface area contributed by atoms with Crippen molar-refractivity contribution in [3.8, 4) is 11.5 Å². The van der Waals surface area contributed by atoms with Crippen molar-refractivity contribution >= 4 is 6.08 Å². The van der Waals surface area contributed by atoms with Crippen molar-refractivity contribution in [2.24, 2.45) is 0 Å². The molecule has 0 aliphatic heterocycles. The molecule has 1 aromatic rings. The first-order valence-electron chi connectivity index (χ1n) is 9.10. The number of hydrogen-bond donors (Lipinski definition) is 2. The summed E-state index contributed by atoms with van der Waals surface area (Å²) in [7, 11) is 0. The predicted molar refractivity (Wildman–Crippen MR) is 99.8 cm³/mol. The number of phenols is 2. The molecule has 0 aliphatic rings. The molecular weight excluding hydrogens is 284 g/mol. The van der Waals surface area contributed by atoms with Gasteiger partial charge in [0.15, 0.2) is 11.5 Å². The van der Waals surface area contributed by atoms with Crippen LogP contribution in [0.5, 0.6) is 11.5 Å². The van der Waals surface area contributed by atoms with Gasteiger partial charge >= 0.3 is 0 Å². The van der Waals surface area contributed by atoms with Crippen LogP contribution in [0.4, 0.5) is 0 Å². The van der Waals surface area contributed by atoms with Crippen LogP contribution in [-0.2, 0) is 0 Å². The van der Waals surface area contributed by atoms with E-state index in [0.29, 0.717) is 5.56 Å². The summed E-state index contributed by atoms with van der Waals surface area (Å²) in [5, 5.41) is 19.1. The molecule has 0 aromatic heterocycles. The van der Waals surface area contributed by atoms with E-state index in [1.807, 2.05) is 18.2 Å². The van der Waals surface area contributed by atoms with Gasteiger partial charge in [-0.1, -0.05) is 94.7 Å². The number of allylic oxidation sites excluding steroid dienone is 3. The Kier molecular flexibility index (Phi) is 10.8. The summed E-state index contributed by atoms with van der Waals surface area (Å²) >= 11 is 0. The molecule has 2 nitrogen and oxygen atoms in total. The van der Waals surface area contributed by atoms with Crippen molar-refractivity contribution in [2.45, 2.75) is 71.1 Å². The molecule has 0 aliphatic carbocycles. The minimum Gasteiger partial charge on any atom is -0.504 e. The van der Waals surface area contributed by atoms with Crippen LogP contribution < -0.4 is 0 Å². The predicted octanol–water partition coefficient (Wildman–Crippen LogP) is 6.59. The molecule has 1 rings (SSSR count). The standard InChI is InChI=1S/C21H32O2/c1-2-3-4-5-6-7-8-9-10-11-12-13-14-16-19-17-15-18-20(22)21(19)23/h12-18,22-23H,2-11H2,1H3. The maximum atomic E-state index is 9.66. The lowest BCUT2D eigenvalue weighted by molar-refractivity contribution is 0.403. The second-order valence-corrected chi connectivity index (χ2v) is 6.12. The van der Waals surface area contributed by atoms with Gasteiger partial charge in [0, 0.05) is 5.56 Å². The van der Waals surface area contributed by atoms with E-state index in [9.17, 15) is 10.2 Å². The van der Waals surface area contributed by atoms with Gasteiger partial charge in [-0.25, -0.2) is 0 Å². The van der Waals surface area contributed by atoms with Crippen LogP contribution in [0.3, 0.4) is 0 Å². The van der Waals surface area contributed by atoms with Crippen LogP contribution in [0, 0.1) is 0 Å². The van der Waals surface area contributed by atoms with E-state index in [4.69, 9.17) is 0 Å². The van der Waals surface area contributed by atoms with E-state index < -0.39 is 0 Å². The zero-order valence-electron chi connectivity index (χ0n) is 14.5. The Bertz CT molecular complexity index is 475. The molecule has 0 saturated heterocycles. The summed E-state index contributed by atoms with van der Waals surface area (Å²) in [6.07, 6.45) is 21.2. The maximum Gasteiger partial charge on any atom is 0.164 e. The van der Waals surface area contributed by atoms with Gasteiger partial charge in [0.25, 0.3) is 0 Å². The number of rotatable bonds is 12. The highest BCUT2D eigenvalue weighted by molar-refractivity contribution is 5.62. The molecule has 0 atom stereocenters. The fourth-order valence-corrected chi connectivity index (χ4v) is 2.59. The van der Waals surface area contributed by atoms with Crippen LogP contribution in [0.15, 0.2) is 36.4 Å². The third kappa shape index (κ3) is 9.12. The number of benzene rings is 1. The second kappa shape index (κ2) is 12.8. The molecule has 0 unspecified atom stereocenters. The van der Waals surface area contributed by atoms with Crippen molar-refractivity contribution < 1.29 is 10.2 Å². The lowest BCUT2D eigenvalue weighted by Crippen LogP contribution is -1.80. The average Bonchev–Trinajstić information content (AvgIpc) is 2.55. The number of hydrogen-bond acceptors (Lipinski definition) is 2. The lowest BCUT2D eigenvalue weighted by Gasteiger charge is -2.00. The van der Waals surface area contributed by atoms with Crippen molar-refractivity contribution in [3.63, 3.8) is 0 Å². The largest absolute Gasteiger partial charge is 0.504 e. The van der Waals surface area contributed by atoms with Crippen LogP contribution in [0.25, 0.3) is 6.08 Å². The molecule has 0 saturated carbocycles. The summed E-state index contributed by atoms with van der Waals surface area (Å²) in [5.41, 5.74) is 0.637. The highest BCUT2D eigenvalue weighted by atomic mass is 16.3. The van der Waals surface area contributed by atoms with Crippen LogP contribution in [0.1, 0.15) is 76.7 Å². The quantitative estimate of drug-likeness (QED) is 0.259. The monoisotopic (exact) mass is 316 g/mol. The Morgan fingerprint density at radius 2 is 1.48 bits per heavy atom. The zero-order valence-corrected chi connectivity index (χ0v) is 14.5. The zero-order chi connectivity index (χ0) is 16.8. The summed E-state index contributed by atoms with van der Waals surface area (Å²) in [6, 6.07) is 4.98. The van der Waals surface area contributed by atoms with Crippen molar-refractivity contribution in [1.29, 1.82) is 0 Å². The van der Waals surface area contributed by atoms with E-state index in [1.165, 1.54) is 63.9 Å². The maximum absolute atomic E-state index is 9.66. The number of aromatic hydroxyl groups is 2. The van der Waals surface area contributed by atoms with Crippen molar-refractivity contribution in [3.05, 3.63) is 42.0 Å². The molecule has 2 N–H and O–H groups in total. The van der Waals surface area contributed by atoms with Gasteiger partial charge < -0.3 is 10.2 Å². The van der Waals surface area contributed by atoms with E-state index >= 15 is 0 Å². The molecular formula is C21H32O2. The molecule has 0 spiro atoms. The fourth-order valence-electron chi connectivity index (χ4n) is 2.59. The average molecular weight is 316 g/mol. The summed E-state index contributed by atoms with van der Waals surface area (Å²) in [6.45, 7) is 2.26. The molecule has 0 radical (unpaired) electrons. The summed E-state index contributed by atoms with van der Waals surface area (Å²) < 4.78 is 0. The van der Waals surface area contributed by atoms with Gasteiger partial charge in [0.05, 0.1) is 0 Å².